The van der Waals surface area contributed by atoms with Crippen LogP contribution in [0.1, 0.15) is 40.3 Å². The third-order valence-corrected chi connectivity index (χ3v) is 7.74. The van der Waals surface area contributed by atoms with Gasteiger partial charge in [-0.3, -0.25) is 14.6 Å². The number of nitrogens with zero attached hydrogens (tertiary/aromatic N) is 4. The summed E-state index contributed by atoms with van der Waals surface area (Å²) in [5.41, 5.74) is 6.57. The zero-order valence-electron chi connectivity index (χ0n) is 23.4. The Hall–Kier alpha value is -3.68. The lowest BCUT2D eigenvalue weighted by molar-refractivity contribution is -0.134. The summed E-state index contributed by atoms with van der Waals surface area (Å²) in [6.07, 6.45) is 0.628. The highest BCUT2D eigenvalue weighted by molar-refractivity contribution is 6.05. The molecule has 1 fully saturated rings. The smallest absolute Gasteiger partial charge is 0.257 e. The van der Waals surface area contributed by atoms with Crippen molar-refractivity contribution in [3.05, 3.63) is 94.5 Å². The first-order chi connectivity index (χ1) is 18.9. The monoisotopic (exact) mass is 526 g/mol. The Morgan fingerprint density at radius 2 is 1.64 bits per heavy atom. The van der Waals surface area contributed by atoms with Crippen molar-refractivity contribution in [1.29, 1.82) is 0 Å². The van der Waals surface area contributed by atoms with Crippen LogP contribution < -0.4 is 9.47 Å². The SMILES string of the molecule is COc1ccc(C2=NN(C(=O)CN3CCN(Cc4ccccc4)CC3)[C@@H](c3ccc(C)cc3C)C2)c(OC)c1. The van der Waals surface area contributed by atoms with Crippen molar-refractivity contribution < 1.29 is 14.3 Å². The molecule has 1 atom stereocenters. The molecule has 0 spiro atoms. The maximum absolute atomic E-state index is 13.8. The summed E-state index contributed by atoms with van der Waals surface area (Å²) in [4.78, 5) is 18.5. The normalized spacial score (nSPS) is 18.2. The van der Waals surface area contributed by atoms with E-state index in [-0.39, 0.29) is 11.9 Å². The van der Waals surface area contributed by atoms with E-state index in [0.717, 1.165) is 55.3 Å². The predicted molar refractivity (Wildman–Crippen MR) is 154 cm³/mol. The van der Waals surface area contributed by atoms with E-state index in [1.165, 1.54) is 16.7 Å². The minimum Gasteiger partial charge on any atom is -0.497 e. The Balaban J connectivity index is 1.33. The third-order valence-electron chi connectivity index (χ3n) is 7.74. The summed E-state index contributed by atoms with van der Waals surface area (Å²) in [7, 11) is 3.29. The summed E-state index contributed by atoms with van der Waals surface area (Å²) in [6.45, 7) is 9.13. The second-order valence-electron chi connectivity index (χ2n) is 10.5. The average molecular weight is 527 g/mol. The minimum atomic E-state index is -0.153. The molecule has 2 aliphatic heterocycles. The van der Waals surface area contributed by atoms with Crippen molar-refractivity contribution in [3.8, 4) is 11.5 Å². The highest BCUT2D eigenvalue weighted by Crippen LogP contribution is 2.37. The number of benzene rings is 3. The van der Waals surface area contributed by atoms with Crippen LogP contribution in [0, 0.1) is 13.8 Å². The Morgan fingerprint density at radius 1 is 0.897 bits per heavy atom. The van der Waals surface area contributed by atoms with Crippen LogP contribution in [0.4, 0.5) is 0 Å². The van der Waals surface area contributed by atoms with Crippen LogP contribution in [-0.2, 0) is 11.3 Å². The van der Waals surface area contributed by atoms with E-state index in [1.807, 2.05) is 18.2 Å². The molecule has 0 bridgehead atoms. The molecular weight excluding hydrogens is 488 g/mol. The Kier molecular flexibility index (Phi) is 8.29. The number of carbonyl (C=O) groups excluding carboxylic acids is 1. The summed E-state index contributed by atoms with van der Waals surface area (Å²) in [6, 6.07) is 22.6. The summed E-state index contributed by atoms with van der Waals surface area (Å²) >= 11 is 0. The van der Waals surface area contributed by atoms with E-state index < -0.39 is 0 Å². The van der Waals surface area contributed by atoms with Crippen molar-refractivity contribution in [2.75, 3.05) is 46.9 Å². The van der Waals surface area contributed by atoms with Gasteiger partial charge in [0, 0.05) is 50.8 Å². The number of amides is 1. The number of piperazine rings is 1. The topological polar surface area (TPSA) is 57.6 Å². The zero-order valence-corrected chi connectivity index (χ0v) is 23.4. The van der Waals surface area contributed by atoms with Gasteiger partial charge in [-0.25, -0.2) is 5.01 Å². The maximum Gasteiger partial charge on any atom is 0.257 e. The van der Waals surface area contributed by atoms with Gasteiger partial charge in [0.1, 0.15) is 11.5 Å². The van der Waals surface area contributed by atoms with E-state index in [2.05, 4.69) is 72.2 Å². The number of carbonyl (C=O) groups is 1. The average Bonchev–Trinajstić information content (AvgIpc) is 3.39. The van der Waals surface area contributed by atoms with Gasteiger partial charge in [0.15, 0.2) is 0 Å². The van der Waals surface area contributed by atoms with Crippen molar-refractivity contribution in [3.63, 3.8) is 0 Å². The lowest BCUT2D eigenvalue weighted by atomic mass is 9.94. The van der Waals surface area contributed by atoms with Crippen LogP contribution in [0.2, 0.25) is 0 Å². The maximum atomic E-state index is 13.8. The van der Waals surface area contributed by atoms with Gasteiger partial charge in [-0.05, 0) is 42.7 Å². The van der Waals surface area contributed by atoms with Gasteiger partial charge in [0.05, 0.1) is 32.5 Å². The number of methoxy groups -OCH3 is 2. The van der Waals surface area contributed by atoms with E-state index in [0.29, 0.717) is 18.7 Å². The summed E-state index contributed by atoms with van der Waals surface area (Å²) < 4.78 is 11.1. The van der Waals surface area contributed by atoms with Gasteiger partial charge < -0.3 is 9.47 Å². The molecular formula is C32H38N4O3. The first kappa shape index (κ1) is 26.9. The summed E-state index contributed by atoms with van der Waals surface area (Å²) in [5.74, 6) is 1.44. The molecule has 0 radical (unpaired) electrons. The van der Waals surface area contributed by atoms with Gasteiger partial charge in [0.2, 0.25) is 0 Å². The molecule has 0 N–H and O–H groups in total. The van der Waals surface area contributed by atoms with Crippen LogP contribution >= 0.6 is 0 Å². The van der Waals surface area contributed by atoms with Crippen LogP contribution in [0.5, 0.6) is 11.5 Å². The molecule has 5 rings (SSSR count). The third kappa shape index (κ3) is 6.15. The number of hydrazone groups is 1. The fraction of sp³-hybridized carbons (Fsp3) is 0.375. The molecule has 1 saturated heterocycles. The van der Waals surface area contributed by atoms with Crippen molar-refractivity contribution in [2.45, 2.75) is 32.9 Å². The number of aryl methyl sites for hydroxylation is 2. The first-order valence-corrected chi connectivity index (χ1v) is 13.6. The number of ether oxygens (including phenoxy) is 2. The molecule has 0 saturated carbocycles. The minimum absolute atomic E-state index is 0.0268. The molecule has 0 unspecified atom stereocenters. The first-order valence-electron chi connectivity index (χ1n) is 13.6. The Labute approximate surface area is 231 Å². The fourth-order valence-electron chi connectivity index (χ4n) is 5.59. The van der Waals surface area contributed by atoms with Gasteiger partial charge in [-0.1, -0.05) is 54.1 Å². The second kappa shape index (κ2) is 12.0. The lowest BCUT2D eigenvalue weighted by Gasteiger charge is -2.35. The number of hydrogen-bond donors (Lipinski definition) is 0. The molecule has 3 aromatic carbocycles. The molecule has 0 aromatic heterocycles. The van der Waals surface area contributed by atoms with E-state index in [9.17, 15) is 4.79 Å². The second-order valence-corrected chi connectivity index (χ2v) is 10.5. The van der Waals surface area contributed by atoms with Crippen molar-refractivity contribution in [2.24, 2.45) is 5.10 Å². The van der Waals surface area contributed by atoms with Crippen LogP contribution in [-0.4, -0.2) is 73.4 Å². The highest BCUT2D eigenvalue weighted by atomic mass is 16.5. The molecule has 1 amide bonds. The van der Waals surface area contributed by atoms with Gasteiger partial charge in [-0.15, -0.1) is 0 Å². The van der Waals surface area contributed by atoms with Crippen LogP contribution in [0.25, 0.3) is 0 Å². The van der Waals surface area contributed by atoms with Gasteiger partial charge in [0.25, 0.3) is 5.91 Å². The van der Waals surface area contributed by atoms with E-state index >= 15 is 0 Å². The molecule has 7 heteroatoms. The van der Waals surface area contributed by atoms with E-state index in [4.69, 9.17) is 14.6 Å². The fourth-order valence-corrected chi connectivity index (χ4v) is 5.59. The van der Waals surface area contributed by atoms with Crippen LogP contribution in [0.15, 0.2) is 71.8 Å². The molecule has 3 aromatic rings. The lowest BCUT2D eigenvalue weighted by Crippen LogP contribution is -2.49. The zero-order chi connectivity index (χ0) is 27.4. The summed E-state index contributed by atoms with van der Waals surface area (Å²) in [5, 5.41) is 6.64. The molecule has 7 nitrogen and oxygen atoms in total. The molecule has 0 aliphatic carbocycles. The largest absolute Gasteiger partial charge is 0.497 e. The van der Waals surface area contributed by atoms with E-state index in [1.54, 1.807) is 19.2 Å². The molecule has 39 heavy (non-hydrogen) atoms. The number of rotatable bonds is 8. The number of hydrogen-bond acceptors (Lipinski definition) is 6. The predicted octanol–water partition coefficient (Wildman–Crippen LogP) is 4.82. The van der Waals surface area contributed by atoms with Gasteiger partial charge in [-0.2, -0.15) is 5.10 Å². The molecule has 2 aliphatic rings. The van der Waals surface area contributed by atoms with Crippen LogP contribution in [0.3, 0.4) is 0 Å². The van der Waals surface area contributed by atoms with Crippen molar-refractivity contribution >= 4 is 11.6 Å². The van der Waals surface area contributed by atoms with Crippen molar-refractivity contribution in [1.82, 2.24) is 14.8 Å². The highest BCUT2D eigenvalue weighted by Gasteiger charge is 2.35. The Morgan fingerprint density at radius 3 is 2.33 bits per heavy atom. The van der Waals surface area contributed by atoms with Gasteiger partial charge >= 0.3 is 0 Å². The standard InChI is InChI=1S/C32H38N4O3/c1-23-10-12-27(24(2)18-23)30-20-29(28-13-11-26(38-3)19-31(28)39-4)33-36(30)32(37)22-35-16-14-34(15-17-35)21-25-8-6-5-7-9-25/h5-13,18-19,30H,14-17,20-22H2,1-4H3/t30-/m1/s1. The Bertz CT molecular complexity index is 1330. The quantitative estimate of drug-likeness (QED) is 0.422. The molecule has 2 heterocycles. The molecule has 204 valence electrons.